The van der Waals surface area contributed by atoms with Crippen molar-refractivity contribution in [2.75, 3.05) is 13.2 Å². The van der Waals surface area contributed by atoms with E-state index >= 15 is 0 Å². The van der Waals surface area contributed by atoms with Gasteiger partial charge in [0.2, 0.25) is 0 Å². The van der Waals surface area contributed by atoms with Gasteiger partial charge in [0.05, 0.1) is 41.4 Å². The fourth-order valence-corrected chi connectivity index (χ4v) is 3.75. The summed E-state index contributed by atoms with van der Waals surface area (Å²) in [5.41, 5.74) is 1.54. The highest BCUT2D eigenvalue weighted by atomic mass is 32.1. The van der Waals surface area contributed by atoms with Crippen molar-refractivity contribution >= 4 is 29.0 Å². The van der Waals surface area contributed by atoms with Crippen LogP contribution in [0.4, 0.5) is 5.69 Å². The molecule has 2 N–H and O–H groups in total. The van der Waals surface area contributed by atoms with Crippen molar-refractivity contribution in [3.63, 3.8) is 0 Å². The van der Waals surface area contributed by atoms with Crippen molar-refractivity contribution in [3.05, 3.63) is 75.0 Å². The van der Waals surface area contributed by atoms with E-state index in [4.69, 9.17) is 26.4 Å². The molecule has 33 heavy (non-hydrogen) atoms. The van der Waals surface area contributed by atoms with Crippen LogP contribution in [0.1, 0.15) is 37.9 Å². The summed E-state index contributed by atoms with van der Waals surface area (Å²) in [7, 11) is 0. The average Bonchev–Trinajstić information content (AvgIpc) is 2.78. The van der Waals surface area contributed by atoms with Crippen LogP contribution in [-0.2, 0) is 16.1 Å². The van der Waals surface area contributed by atoms with E-state index in [1.54, 1.807) is 20.8 Å². The molecule has 0 aliphatic carbocycles. The Kier molecular flexibility index (Phi) is 7.83. The normalized spacial score (nSPS) is 15.4. The van der Waals surface area contributed by atoms with Gasteiger partial charge >= 0.3 is 5.97 Å². The fourth-order valence-electron chi connectivity index (χ4n) is 3.48. The maximum Gasteiger partial charge on any atom is 0.338 e. The van der Waals surface area contributed by atoms with E-state index in [-0.39, 0.29) is 40.9 Å². The van der Waals surface area contributed by atoms with Gasteiger partial charge in [0.25, 0.3) is 5.69 Å². The summed E-state index contributed by atoms with van der Waals surface area (Å²) in [5, 5.41) is 18.1. The number of nitrogens with one attached hydrogen (secondary N) is 2. The van der Waals surface area contributed by atoms with Gasteiger partial charge in [-0.3, -0.25) is 10.1 Å². The van der Waals surface area contributed by atoms with Gasteiger partial charge in [0, 0.05) is 5.70 Å². The van der Waals surface area contributed by atoms with Crippen LogP contribution >= 0.6 is 12.2 Å². The molecule has 174 valence electrons. The molecule has 1 heterocycles. The zero-order valence-electron chi connectivity index (χ0n) is 18.5. The zero-order valence-corrected chi connectivity index (χ0v) is 19.4. The molecule has 1 aliphatic rings. The SMILES string of the molecule is CCOC(=O)C1=C(C)NC(=S)N[C@H]1c1cc(OCC)c(OCc2ccccc2)cc1[N+](=O)[O-]. The second-order valence-corrected chi connectivity index (χ2v) is 7.52. The number of benzene rings is 2. The minimum absolute atomic E-state index is 0.158. The van der Waals surface area contributed by atoms with Crippen LogP contribution in [0.3, 0.4) is 0 Å². The molecule has 0 amide bonds. The van der Waals surface area contributed by atoms with Crippen LogP contribution in [-0.4, -0.2) is 29.2 Å². The zero-order chi connectivity index (χ0) is 24.0. The Hall–Kier alpha value is -3.66. The Morgan fingerprint density at radius 1 is 1.12 bits per heavy atom. The summed E-state index contributed by atoms with van der Waals surface area (Å²) in [6.07, 6.45) is 0. The second kappa shape index (κ2) is 10.8. The highest BCUT2D eigenvalue weighted by Crippen LogP contribution is 2.41. The Morgan fingerprint density at radius 2 is 1.82 bits per heavy atom. The average molecular weight is 472 g/mol. The van der Waals surface area contributed by atoms with E-state index in [1.165, 1.54) is 12.1 Å². The van der Waals surface area contributed by atoms with Crippen LogP contribution in [0, 0.1) is 10.1 Å². The number of nitro benzene ring substituents is 1. The van der Waals surface area contributed by atoms with Crippen LogP contribution in [0.15, 0.2) is 53.7 Å². The first-order valence-electron chi connectivity index (χ1n) is 10.4. The molecule has 0 saturated heterocycles. The Labute approximate surface area is 196 Å². The predicted octanol–water partition coefficient (Wildman–Crippen LogP) is 3.93. The lowest BCUT2D eigenvalue weighted by Crippen LogP contribution is -2.45. The molecule has 0 radical (unpaired) electrons. The summed E-state index contributed by atoms with van der Waals surface area (Å²) in [6, 6.07) is 11.4. The molecule has 10 heteroatoms. The van der Waals surface area contributed by atoms with Crippen molar-refractivity contribution in [2.45, 2.75) is 33.4 Å². The number of esters is 1. The minimum atomic E-state index is -0.902. The van der Waals surface area contributed by atoms with Gasteiger partial charge in [-0.25, -0.2) is 4.79 Å². The first kappa shape index (κ1) is 24.0. The van der Waals surface area contributed by atoms with Crippen molar-refractivity contribution in [1.82, 2.24) is 10.6 Å². The number of carbonyl (C=O) groups excluding carboxylic acids is 1. The Morgan fingerprint density at radius 3 is 2.45 bits per heavy atom. The molecular formula is C23H25N3O6S. The van der Waals surface area contributed by atoms with Crippen molar-refractivity contribution in [3.8, 4) is 11.5 Å². The molecule has 0 fully saturated rings. The van der Waals surface area contributed by atoms with E-state index in [2.05, 4.69) is 10.6 Å². The predicted molar refractivity (Wildman–Crippen MR) is 126 cm³/mol. The number of rotatable bonds is 9. The largest absolute Gasteiger partial charge is 0.490 e. The highest BCUT2D eigenvalue weighted by Gasteiger charge is 2.36. The topological polar surface area (TPSA) is 112 Å². The third-order valence-corrected chi connectivity index (χ3v) is 5.12. The number of allylic oxidation sites excluding steroid dienone is 1. The molecule has 3 rings (SSSR count). The monoisotopic (exact) mass is 471 g/mol. The fraction of sp³-hybridized carbons (Fsp3) is 0.304. The third-order valence-electron chi connectivity index (χ3n) is 4.90. The van der Waals surface area contributed by atoms with E-state index in [9.17, 15) is 14.9 Å². The van der Waals surface area contributed by atoms with Gasteiger partial charge in [0.1, 0.15) is 6.61 Å². The molecule has 9 nitrogen and oxygen atoms in total. The lowest BCUT2D eigenvalue weighted by Gasteiger charge is -2.30. The van der Waals surface area contributed by atoms with E-state index in [0.29, 0.717) is 18.1 Å². The van der Waals surface area contributed by atoms with Crippen molar-refractivity contribution < 1.29 is 23.9 Å². The first-order chi connectivity index (χ1) is 15.8. The van der Waals surface area contributed by atoms with Crippen molar-refractivity contribution in [2.24, 2.45) is 0 Å². The highest BCUT2D eigenvalue weighted by molar-refractivity contribution is 7.80. The van der Waals surface area contributed by atoms with Gasteiger partial charge in [-0.1, -0.05) is 30.3 Å². The third kappa shape index (κ3) is 5.58. The standard InChI is InChI=1S/C23H25N3O6S/c1-4-30-18-11-16(21-20(22(27)31-5-2)14(3)24-23(33)25-21)17(26(28)29)12-19(18)32-13-15-9-7-6-8-10-15/h6-12,21H,4-5,13H2,1-3H3,(H2,24,25,33)/t21-/m0/s1. The van der Waals surface area contributed by atoms with Gasteiger partial charge in [0.15, 0.2) is 16.6 Å². The van der Waals surface area contributed by atoms with Crippen LogP contribution in [0.25, 0.3) is 0 Å². The quantitative estimate of drug-likeness (QED) is 0.243. The van der Waals surface area contributed by atoms with Crippen molar-refractivity contribution in [1.29, 1.82) is 0 Å². The number of thiocarbonyl (C=S) groups is 1. The molecule has 2 aromatic carbocycles. The van der Waals surface area contributed by atoms with Crippen LogP contribution in [0.2, 0.25) is 0 Å². The van der Waals surface area contributed by atoms with E-state index in [0.717, 1.165) is 5.56 Å². The smallest absolute Gasteiger partial charge is 0.338 e. The molecule has 0 aromatic heterocycles. The summed E-state index contributed by atoms with van der Waals surface area (Å²) < 4.78 is 16.8. The van der Waals surface area contributed by atoms with Crippen LogP contribution in [0.5, 0.6) is 11.5 Å². The number of nitro groups is 1. The van der Waals surface area contributed by atoms with Gasteiger partial charge in [-0.05, 0) is 44.6 Å². The molecule has 0 unspecified atom stereocenters. The second-order valence-electron chi connectivity index (χ2n) is 7.11. The van der Waals surface area contributed by atoms with Gasteiger partial charge in [-0.2, -0.15) is 0 Å². The summed E-state index contributed by atoms with van der Waals surface area (Å²) >= 11 is 5.24. The summed E-state index contributed by atoms with van der Waals surface area (Å²) in [4.78, 5) is 24.2. The molecule has 2 aromatic rings. The number of nitrogens with zero attached hydrogens (tertiary/aromatic N) is 1. The molecule has 1 aliphatic heterocycles. The first-order valence-corrected chi connectivity index (χ1v) is 10.8. The van der Waals surface area contributed by atoms with Crippen LogP contribution < -0.4 is 20.1 Å². The van der Waals surface area contributed by atoms with E-state index < -0.39 is 16.9 Å². The van der Waals surface area contributed by atoms with E-state index in [1.807, 2.05) is 30.3 Å². The Balaban J connectivity index is 2.09. The minimum Gasteiger partial charge on any atom is -0.490 e. The van der Waals surface area contributed by atoms with Gasteiger partial charge in [-0.15, -0.1) is 0 Å². The Bertz CT molecular complexity index is 1090. The molecule has 0 saturated carbocycles. The summed E-state index contributed by atoms with van der Waals surface area (Å²) in [6.45, 7) is 5.83. The molecule has 0 bridgehead atoms. The molecule has 0 spiro atoms. The number of ether oxygens (including phenoxy) is 3. The number of carbonyl (C=O) groups is 1. The lowest BCUT2D eigenvalue weighted by molar-refractivity contribution is -0.385. The number of hydrogen-bond acceptors (Lipinski definition) is 7. The number of hydrogen-bond donors (Lipinski definition) is 2. The maximum atomic E-state index is 12.7. The lowest BCUT2D eigenvalue weighted by atomic mass is 9.94. The summed E-state index contributed by atoms with van der Waals surface area (Å²) in [5.74, 6) is -0.0497. The van der Waals surface area contributed by atoms with Gasteiger partial charge < -0.3 is 24.8 Å². The molecular weight excluding hydrogens is 446 g/mol. The molecule has 1 atom stereocenters. The maximum absolute atomic E-state index is 12.7.